The Morgan fingerprint density at radius 1 is 1.17 bits per heavy atom. The van der Waals surface area contributed by atoms with E-state index in [4.69, 9.17) is 0 Å². The van der Waals surface area contributed by atoms with Gasteiger partial charge in [-0.2, -0.15) is 0 Å². The maximum absolute atomic E-state index is 4.16. The van der Waals surface area contributed by atoms with Crippen molar-refractivity contribution in [1.29, 1.82) is 0 Å². The van der Waals surface area contributed by atoms with E-state index in [2.05, 4.69) is 48.4 Å². The van der Waals surface area contributed by atoms with Gasteiger partial charge in [0.15, 0.2) is 0 Å². The van der Waals surface area contributed by atoms with Crippen LogP contribution in [0.25, 0.3) is 0 Å². The van der Waals surface area contributed by atoms with E-state index in [-0.39, 0.29) is 0 Å². The minimum absolute atomic E-state index is 0.949. The van der Waals surface area contributed by atoms with Crippen LogP contribution in [0.2, 0.25) is 0 Å². The van der Waals surface area contributed by atoms with Gasteiger partial charge < -0.3 is 5.32 Å². The first kappa shape index (κ1) is 12.8. The van der Waals surface area contributed by atoms with Gasteiger partial charge in [0.2, 0.25) is 0 Å². The minimum Gasteiger partial charge on any atom is -0.313 e. The zero-order valence-electron chi connectivity index (χ0n) is 11.1. The highest BCUT2D eigenvalue weighted by molar-refractivity contribution is 5.34. The second-order valence-corrected chi connectivity index (χ2v) is 4.58. The molecule has 0 amide bonds. The molecule has 1 heterocycles. The van der Waals surface area contributed by atoms with E-state index in [1.54, 1.807) is 0 Å². The summed E-state index contributed by atoms with van der Waals surface area (Å²) in [5.74, 6) is 0. The molecule has 0 fully saturated rings. The molecule has 0 radical (unpaired) electrons. The van der Waals surface area contributed by atoms with Crippen molar-refractivity contribution < 1.29 is 0 Å². The Morgan fingerprint density at radius 3 is 2.72 bits per heavy atom. The van der Waals surface area contributed by atoms with E-state index < -0.39 is 0 Å². The van der Waals surface area contributed by atoms with Gasteiger partial charge in [-0.3, -0.25) is 4.98 Å². The fourth-order valence-corrected chi connectivity index (χ4v) is 2.06. The van der Waals surface area contributed by atoms with Gasteiger partial charge in [0.25, 0.3) is 0 Å². The van der Waals surface area contributed by atoms with Crippen LogP contribution in [-0.2, 0) is 13.0 Å². The van der Waals surface area contributed by atoms with Crippen molar-refractivity contribution in [2.24, 2.45) is 0 Å². The Hall–Kier alpha value is -1.67. The highest BCUT2D eigenvalue weighted by Gasteiger charge is 2.01. The highest BCUT2D eigenvalue weighted by atomic mass is 14.8. The fourth-order valence-electron chi connectivity index (χ4n) is 2.06. The number of aromatic nitrogens is 1. The van der Waals surface area contributed by atoms with Crippen LogP contribution in [0.5, 0.6) is 0 Å². The molecule has 94 valence electrons. The molecule has 18 heavy (non-hydrogen) atoms. The molecule has 2 nitrogen and oxygen atoms in total. The molecule has 0 unspecified atom stereocenters. The molecule has 0 saturated heterocycles. The van der Waals surface area contributed by atoms with E-state index in [0.29, 0.717) is 0 Å². The fraction of sp³-hybridized carbons (Fsp3) is 0.312. The summed E-state index contributed by atoms with van der Waals surface area (Å²) < 4.78 is 0. The summed E-state index contributed by atoms with van der Waals surface area (Å²) in [6.45, 7) is 6.27. The second-order valence-electron chi connectivity index (χ2n) is 4.58. The van der Waals surface area contributed by atoms with E-state index in [0.717, 1.165) is 19.5 Å². The number of nitrogens with one attached hydrogen (secondary N) is 1. The van der Waals surface area contributed by atoms with Crippen molar-refractivity contribution in [3.8, 4) is 0 Å². The molecule has 0 aliphatic rings. The Morgan fingerprint density at radius 2 is 2.06 bits per heavy atom. The lowest BCUT2D eigenvalue weighted by Crippen LogP contribution is -2.11. The predicted molar refractivity (Wildman–Crippen MR) is 75.6 cm³/mol. The van der Waals surface area contributed by atoms with E-state index in [9.17, 15) is 0 Å². The molecule has 0 saturated carbocycles. The van der Waals surface area contributed by atoms with Crippen molar-refractivity contribution in [1.82, 2.24) is 10.3 Å². The van der Waals surface area contributed by atoms with Crippen LogP contribution in [0.4, 0.5) is 0 Å². The number of aryl methyl sites for hydroxylation is 1. The molecule has 1 aromatic carbocycles. The Labute approximate surface area is 109 Å². The first-order valence-electron chi connectivity index (χ1n) is 6.47. The number of benzene rings is 1. The SMILES string of the molecule is CCNCc1ccc(Cc2cccnc2)c(C)c1. The summed E-state index contributed by atoms with van der Waals surface area (Å²) >= 11 is 0. The molecule has 1 aromatic heterocycles. The summed E-state index contributed by atoms with van der Waals surface area (Å²) in [5, 5.41) is 3.35. The molecule has 0 spiro atoms. The van der Waals surface area contributed by atoms with Gasteiger partial charge in [-0.1, -0.05) is 31.2 Å². The molecule has 0 aliphatic carbocycles. The summed E-state index contributed by atoms with van der Waals surface area (Å²) in [6.07, 6.45) is 4.71. The van der Waals surface area contributed by atoms with Crippen molar-refractivity contribution in [2.45, 2.75) is 26.8 Å². The molecule has 2 rings (SSSR count). The zero-order chi connectivity index (χ0) is 12.8. The van der Waals surface area contributed by atoms with Crippen LogP contribution in [-0.4, -0.2) is 11.5 Å². The van der Waals surface area contributed by atoms with Crippen molar-refractivity contribution >= 4 is 0 Å². The van der Waals surface area contributed by atoms with Crippen molar-refractivity contribution in [2.75, 3.05) is 6.54 Å². The van der Waals surface area contributed by atoms with Gasteiger partial charge in [0, 0.05) is 18.9 Å². The number of nitrogens with zero attached hydrogens (tertiary/aromatic N) is 1. The topological polar surface area (TPSA) is 24.9 Å². The van der Waals surface area contributed by atoms with E-state index in [1.165, 1.54) is 22.3 Å². The van der Waals surface area contributed by atoms with E-state index >= 15 is 0 Å². The molecule has 2 heteroatoms. The molecule has 1 N–H and O–H groups in total. The van der Waals surface area contributed by atoms with Crippen molar-refractivity contribution in [3.63, 3.8) is 0 Å². The lowest BCUT2D eigenvalue weighted by Gasteiger charge is -2.09. The van der Waals surface area contributed by atoms with Gasteiger partial charge in [-0.05, 0) is 48.2 Å². The van der Waals surface area contributed by atoms with Gasteiger partial charge in [0.05, 0.1) is 0 Å². The Balaban J connectivity index is 2.10. The third-order valence-corrected chi connectivity index (χ3v) is 3.10. The van der Waals surface area contributed by atoms with Crippen LogP contribution >= 0.6 is 0 Å². The average Bonchev–Trinajstić information content (AvgIpc) is 2.40. The lowest BCUT2D eigenvalue weighted by atomic mass is 9.99. The van der Waals surface area contributed by atoms with Gasteiger partial charge in [0.1, 0.15) is 0 Å². The maximum atomic E-state index is 4.16. The van der Waals surface area contributed by atoms with Crippen LogP contribution in [0.3, 0.4) is 0 Å². The smallest absolute Gasteiger partial charge is 0.0303 e. The second kappa shape index (κ2) is 6.31. The van der Waals surface area contributed by atoms with E-state index in [1.807, 2.05) is 18.5 Å². The largest absolute Gasteiger partial charge is 0.313 e. The van der Waals surface area contributed by atoms with Crippen LogP contribution in [0.1, 0.15) is 29.2 Å². The minimum atomic E-state index is 0.949. The number of pyridine rings is 1. The highest BCUT2D eigenvalue weighted by Crippen LogP contribution is 2.15. The first-order valence-corrected chi connectivity index (χ1v) is 6.47. The first-order chi connectivity index (χ1) is 8.79. The van der Waals surface area contributed by atoms with Crippen LogP contribution in [0.15, 0.2) is 42.7 Å². The maximum Gasteiger partial charge on any atom is 0.0303 e. The number of hydrogen-bond donors (Lipinski definition) is 1. The predicted octanol–water partition coefficient (Wildman–Crippen LogP) is 3.09. The molecule has 0 bridgehead atoms. The molecular weight excluding hydrogens is 220 g/mol. The van der Waals surface area contributed by atoms with Gasteiger partial charge in [-0.25, -0.2) is 0 Å². The standard InChI is InChI=1S/C16H20N2/c1-3-17-11-15-6-7-16(13(2)9-15)10-14-5-4-8-18-12-14/h4-9,12,17H,3,10-11H2,1-2H3. The third kappa shape index (κ3) is 3.41. The monoisotopic (exact) mass is 240 g/mol. The number of rotatable bonds is 5. The Bertz CT molecular complexity index is 492. The lowest BCUT2D eigenvalue weighted by molar-refractivity contribution is 0.726. The summed E-state index contributed by atoms with van der Waals surface area (Å²) in [5.41, 5.74) is 5.35. The summed E-state index contributed by atoms with van der Waals surface area (Å²) in [6, 6.07) is 10.8. The molecular formula is C16H20N2. The summed E-state index contributed by atoms with van der Waals surface area (Å²) in [4.78, 5) is 4.16. The quantitative estimate of drug-likeness (QED) is 0.868. The Kier molecular flexibility index (Phi) is 4.48. The average molecular weight is 240 g/mol. The summed E-state index contributed by atoms with van der Waals surface area (Å²) in [7, 11) is 0. The molecule has 0 aliphatic heterocycles. The van der Waals surface area contributed by atoms with Gasteiger partial charge in [-0.15, -0.1) is 0 Å². The third-order valence-electron chi connectivity index (χ3n) is 3.10. The van der Waals surface area contributed by atoms with Crippen LogP contribution < -0.4 is 5.32 Å². The molecule has 2 aromatic rings. The number of hydrogen-bond acceptors (Lipinski definition) is 2. The normalized spacial score (nSPS) is 10.6. The van der Waals surface area contributed by atoms with Crippen molar-refractivity contribution in [3.05, 3.63) is 65.0 Å². The van der Waals surface area contributed by atoms with Crippen LogP contribution in [0, 0.1) is 6.92 Å². The zero-order valence-corrected chi connectivity index (χ0v) is 11.1. The van der Waals surface area contributed by atoms with Gasteiger partial charge >= 0.3 is 0 Å². The molecule has 0 atom stereocenters.